The van der Waals surface area contributed by atoms with Gasteiger partial charge in [-0.3, -0.25) is 9.69 Å². The normalized spacial score (nSPS) is 19.2. The molecule has 2 aliphatic rings. The minimum atomic E-state index is -0.243. The predicted molar refractivity (Wildman–Crippen MR) is 116 cm³/mol. The average molecular weight is 426 g/mol. The van der Waals surface area contributed by atoms with Crippen molar-refractivity contribution < 1.29 is 18.7 Å². The molecule has 0 aliphatic carbocycles. The van der Waals surface area contributed by atoms with Crippen molar-refractivity contribution in [1.82, 2.24) is 15.1 Å². The van der Waals surface area contributed by atoms with E-state index in [4.69, 9.17) is 4.74 Å². The van der Waals surface area contributed by atoms with Crippen LogP contribution in [0.2, 0.25) is 0 Å². The van der Waals surface area contributed by atoms with Gasteiger partial charge >= 0.3 is 6.03 Å². The summed E-state index contributed by atoms with van der Waals surface area (Å²) in [6.45, 7) is 6.05. The summed E-state index contributed by atoms with van der Waals surface area (Å²) in [5, 5.41) is 3.35. The number of urea groups is 1. The lowest BCUT2D eigenvalue weighted by atomic mass is 10.0. The fourth-order valence-corrected chi connectivity index (χ4v) is 4.06. The van der Waals surface area contributed by atoms with Crippen LogP contribution in [0.15, 0.2) is 42.5 Å². The maximum Gasteiger partial charge on any atom is 0.327 e. The Balaban J connectivity index is 1.43. The number of halogens is 1. The Labute approximate surface area is 182 Å². The third kappa shape index (κ3) is 4.78. The van der Waals surface area contributed by atoms with Crippen LogP contribution < -0.4 is 5.32 Å². The fraction of sp³-hybridized carbons (Fsp3) is 0.417. The van der Waals surface area contributed by atoms with Crippen molar-refractivity contribution >= 4 is 11.9 Å². The minimum absolute atomic E-state index is 0.110. The van der Waals surface area contributed by atoms with E-state index in [2.05, 4.69) is 5.32 Å². The van der Waals surface area contributed by atoms with E-state index in [0.29, 0.717) is 25.3 Å². The van der Waals surface area contributed by atoms with Gasteiger partial charge in [-0.25, -0.2) is 9.18 Å². The van der Waals surface area contributed by atoms with Crippen LogP contribution >= 0.6 is 0 Å². The summed E-state index contributed by atoms with van der Waals surface area (Å²) >= 11 is 0. The molecule has 164 valence electrons. The number of carbonyl (C=O) groups excluding carboxylic acids is 2. The number of imide groups is 1. The van der Waals surface area contributed by atoms with E-state index >= 15 is 0 Å². The Morgan fingerprint density at radius 2 is 1.87 bits per heavy atom. The van der Waals surface area contributed by atoms with E-state index in [1.54, 1.807) is 11.0 Å². The molecule has 0 saturated carbocycles. The van der Waals surface area contributed by atoms with Crippen molar-refractivity contribution in [2.45, 2.75) is 45.4 Å². The quantitative estimate of drug-likeness (QED) is 0.690. The highest BCUT2D eigenvalue weighted by molar-refractivity contribution is 6.02. The van der Waals surface area contributed by atoms with E-state index in [1.165, 1.54) is 11.0 Å². The largest absolute Gasteiger partial charge is 0.380 e. The van der Waals surface area contributed by atoms with Gasteiger partial charge in [0.05, 0.1) is 6.61 Å². The lowest BCUT2D eigenvalue weighted by Gasteiger charge is -2.20. The Hall–Kier alpha value is -2.77. The molecule has 0 radical (unpaired) electrons. The number of nitrogens with zero attached hydrogens (tertiary/aromatic N) is 2. The van der Waals surface area contributed by atoms with Crippen LogP contribution in [0.25, 0.3) is 11.1 Å². The molecule has 2 fully saturated rings. The monoisotopic (exact) mass is 425 g/mol. The molecule has 4 rings (SSSR count). The Bertz CT molecular complexity index is 955. The van der Waals surface area contributed by atoms with Crippen molar-refractivity contribution in [1.29, 1.82) is 0 Å². The number of hydrogen-bond donors (Lipinski definition) is 1. The Morgan fingerprint density at radius 1 is 1.13 bits per heavy atom. The smallest absolute Gasteiger partial charge is 0.327 e. The maximum atomic E-state index is 14.3. The van der Waals surface area contributed by atoms with E-state index in [-0.39, 0.29) is 36.4 Å². The zero-order chi connectivity index (χ0) is 22.0. The molecular formula is C24H28FN3O3. The van der Waals surface area contributed by atoms with Crippen LogP contribution in [0.3, 0.4) is 0 Å². The molecule has 31 heavy (non-hydrogen) atoms. The number of carbonyl (C=O) groups is 2. The summed E-state index contributed by atoms with van der Waals surface area (Å²) in [6.07, 6.45) is 0.947. The first-order chi connectivity index (χ1) is 14.9. The van der Waals surface area contributed by atoms with Gasteiger partial charge in [-0.2, -0.15) is 0 Å². The van der Waals surface area contributed by atoms with Gasteiger partial charge in [0.2, 0.25) is 0 Å². The third-order valence-electron chi connectivity index (χ3n) is 5.81. The molecule has 3 amide bonds. The van der Waals surface area contributed by atoms with Crippen LogP contribution in [0.5, 0.6) is 0 Å². The van der Waals surface area contributed by atoms with Gasteiger partial charge in [-0.05, 0) is 49.1 Å². The topological polar surface area (TPSA) is 61.9 Å². The van der Waals surface area contributed by atoms with Gasteiger partial charge < -0.3 is 15.0 Å². The zero-order valence-electron chi connectivity index (χ0n) is 17.9. The highest BCUT2D eigenvalue weighted by atomic mass is 19.1. The molecule has 6 nitrogen and oxygen atoms in total. The molecule has 0 unspecified atom stereocenters. The molecule has 1 N–H and O–H groups in total. The van der Waals surface area contributed by atoms with Crippen LogP contribution in [0, 0.1) is 5.82 Å². The zero-order valence-corrected chi connectivity index (χ0v) is 17.9. The number of benzene rings is 2. The van der Waals surface area contributed by atoms with Gasteiger partial charge in [0, 0.05) is 37.3 Å². The first kappa shape index (κ1) is 21.5. The van der Waals surface area contributed by atoms with Crippen molar-refractivity contribution in [3.8, 4) is 11.1 Å². The summed E-state index contributed by atoms with van der Waals surface area (Å²) < 4.78 is 19.6. The van der Waals surface area contributed by atoms with Crippen molar-refractivity contribution in [2.24, 2.45) is 0 Å². The molecule has 2 aromatic rings. The summed E-state index contributed by atoms with van der Waals surface area (Å²) in [4.78, 5) is 27.4. The van der Waals surface area contributed by atoms with Gasteiger partial charge in [0.25, 0.3) is 5.91 Å². The second kappa shape index (κ2) is 9.16. The first-order valence-corrected chi connectivity index (χ1v) is 10.7. The average Bonchev–Trinajstić information content (AvgIpc) is 3.36. The number of nitrogens with one attached hydrogen (secondary N) is 1. The second-order valence-corrected chi connectivity index (χ2v) is 8.44. The van der Waals surface area contributed by atoms with Crippen LogP contribution in [0.4, 0.5) is 9.18 Å². The maximum absolute atomic E-state index is 14.3. The van der Waals surface area contributed by atoms with E-state index in [0.717, 1.165) is 29.7 Å². The molecule has 0 bridgehead atoms. The molecular weight excluding hydrogens is 397 g/mol. The predicted octanol–water partition coefficient (Wildman–Crippen LogP) is 3.54. The number of amides is 3. The van der Waals surface area contributed by atoms with Crippen LogP contribution in [-0.2, 0) is 22.6 Å². The number of rotatable bonds is 7. The highest BCUT2D eigenvalue weighted by Gasteiger charge is 2.37. The minimum Gasteiger partial charge on any atom is -0.380 e. The van der Waals surface area contributed by atoms with Crippen molar-refractivity contribution in [3.63, 3.8) is 0 Å². The lowest BCUT2D eigenvalue weighted by molar-refractivity contribution is -0.126. The van der Waals surface area contributed by atoms with Gasteiger partial charge in [-0.1, -0.05) is 30.3 Å². The highest BCUT2D eigenvalue weighted by Crippen LogP contribution is 2.24. The summed E-state index contributed by atoms with van der Waals surface area (Å²) in [5.74, 6) is -0.382. The molecule has 2 aromatic carbocycles. The fourth-order valence-electron chi connectivity index (χ4n) is 4.06. The van der Waals surface area contributed by atoms with E-state index < -0.39 is 0 Å². The van der Waals surface area contributed by atoms with E-state index in [1.807, 2.05) is 44.2 Å². The third-order valence-corrected chi connectivity index (χ3v) is 5.81. The Morgan fingerprint density at radius 3 is 2.52 bits per heavy atom. The molecule has 0 aromatic heterocycles. The van der Waals surface area contributed by atoms with Crippen LogP contribution in [0.1, 0.15) is 31.4 Å². The first-order valence-electron chi connectivity index (χ1n) is 10.7. The molecule has 2 heterocycles. The lowest BCUT2D eigenvalue weighted by Crippen LogP contribution is -2.37. The van der Waals surface area contributed by atoms with Gasteiger partial charge in [0.15, 0.2) is 0 Å². The van der Waals surface area contributed by atoms with Crippen LogP contribution in [-0.4, -0.2) is 53.6 Å². The number of ether oxygens (including phenoxy) is 1. The molecule has 2 saturated heterocycles. The summed E-state index contributed by atoms with van der Waals surface area (Å²) in [5.41, 5.74) is 3.48. The van der Waals surface area contributed by atoms with Crippen molar-refractivity contribution in [2.75, 3.05) is 19.8 Å². The summed E-state index contributed by atoms with van der Waals surface area (Å²) in [7, 11) is 0. The van der Waals surface area contributed by atoms with E-state index in [9.17, 15) is 14.0 Å². The molecule has 7 heteroatoms. The van der Waals surface area contributed by atoms with Crippen molar-refractivity contribution in [3.05, 3.63) is 59.4 Å². The standard InChI is InChI=1S/C24H28FN3O3/c1-16(2)28-23(29)14-27(24(28)30)13-17-3-5-18(6-4-17)19-7-8-22(25)20(11-19)12-26-21-9-10-31-15-21/h3-8,11,16,21,26H,9-10,12-15H2,1-2H3/t21-/m1/s1. The Kier molecular flexibility index (Phi) is 6.34. The molecule has 0 spiro atoms. The van der Waals surface area contributed by atoms with Gasteiger partial charge in [-0.15, -0.1) is 0 Å². The second-order valence-electron chi connectivity index (χ2n) is 8.44. The SMILES string of the molecule is CC(C)N1C(=O)CN(Cc2ccc(-c3ccc(F)c(CN[C@@H]4CCOC4)c3)cc2)C1=O. The molecule has 1 atom stereocenters. The summed E-state index contributed by atoms with van der Waals surface area (Å²) in [6, 6.07) is 12.9. The number of hydrogen-bond acceptors (Lipinski definition) is 4. The molecule has 2 aliphatic heterocycles. The van der Waals surface area contributed by atoms with Gasteiger partial charge in [0.1, 0.15) is 12.4 Å².